The average Bonchev–Trinajstić information content (AvgIpc) is 2.92. The Kier molecular flexibility index (Phi) is 7.78. The number of hydrogen-bond acceptors (Lipinski definition) is 2. The van der Waals surface area contributed by atoms with Crippen molar-refractivity contribution in [1.29, 1.82) is 0 Å². The van der Waals surface area contributed by atoms with Crippen molar-refractivity contribution in [2.75, 3.05) is 5.32 Å². The number of alkyl halides is 3. The smallest absolute Gasteiger partial charge is 0.202 e. The second kappa shape index (κ2) is 10.9. The summed E-state index contributed by atoms with van der Waals surface area (Å²) in [6, 6.07) is 26.3. The maximum absolute atomic E-state index is 6.15. The Balaban J connectivity index is 1.36. The van der Waals surface area contributed by atoms with E-state index in [2.05, 4.69) is 85.0 Å². The molecule has 2 aliphatic carbocycles. The summed E-state index contributed by atoms with van der Waals surface area (Å²) in [4.78, 5) is 4.81. The molecule has 0 saturated heterocycles. The van der Waals surface area contributed by atoms with Crippen molar-refractivity contribution < 1.29 is 0 Å². The van der Waals surface area contributed by atoms with E-state index in [1.165, 1.54) is 36.0 Å². The predicted molar refractivity (Wildman–Crippen MR) is 165 cm³/mol. The van der Waals surface area contributed by atoms with Crippen LogP contribution in [-0.2, 0) is 5.41 Å². The zero-order valence-electron chi connectivity index (χ0n) is 21.9. The van der Waals surface area contributed by atoms with Crippen molar-refractivity contribution >= 4 is 57.6 Å². The molecular weight excluding hydrogens is 531 g/mol. The first-order valence-electron chi connectivity index (χ1n) is 13.3. The minimum Gasteiger partial charge on any atom is -0.356 e. The number of rotatable bonds is 5. The van der Waals surface area contributed by atoms with E-state index in [1.54, 1.807) is 0 Å². The van der Waals surface area contributed by atoms with Crippen molar-refractivity contribution in [3.05, 3.63) is 114 Å². The predicted octanol–water partition coefficient (Wildman–Crippen LogP) is 10.6. The van der Waals surface area contributed by atoms with E-state index in [0.29, 0.717) is 0 Å². The summed E-state index contributed by atoms with van der Waals surface area (Å²) in [5, 5.41) is 3.53. The van der Waals surface area contributed by atoms with Gasteiger partial charge in [-0.25, -0.2) is 4.99 Å². The van der Waals surface area contributed by atoms with Gasteiger partial charge in [-0.1, -0.05) is 108 Å². The molecule has 1 fully saturated rings. The molecule has 196 valence electrons. The van der Waals surface area contributed by atoms with Crippen LogP contribution in [0.25, 0.3) is 0 Å². The number of halogens is 3. The molecule has 3 aromatic carbocycles. The van der Waals surface area contributed by atoms with Crippen molar-refractivity contribution in [2.45, 2.75) is 55.2 Å². The monoisotopic (exact) mass is 562 g/mol. The Bertz CT molecular complexity index is 1320. The SMILES string of the molecule is Cc1ccc(Nc2ccc(C3(c4ccc(N=C5C=CC(C)(C(Cl)(Cl)Cl)C=C5)cc4)CCCCC3)cc2)cc1. The van der Waals surface area contributed by atoms with Gasteiger partial charge in [-0.05, 0) is 86.4 Å². The van der Waals surface area contributed by atoms with Gasteiger partial charge in [0.15, 0.2) is 0 Å². The standard InChI is InChI=1S/C33H33Cl3N2/c1-24-6-12-27(13-7-24)37-28-14-8-25(9-15-28)32(20-4-3-5-21-32)26-10-16-29(17-11-26)38-30-18-22-31(2,23-19-30)33(34,35)36/h6-19,22-23,37H,3-5,20-21H2,1-2H3. The Morgan fingerprint density at radius 1 is 0.711 bits per heavy atom. The van der Waals surface area contributed by atoms with Gasteiger partial charge in [0.05, 0.1) is 16.8 Å². The van der Waals surface area contributed by atoms with E-state index < -0.39 is 9.21 Å². The molecule has 2 nitrogen and oxygen atoms in total. The number of anilines is 2. The second-order valence-electron chi connectivity index (χ2n) is 10.7. The third-order valence-corrected chi connectivity index (χ3v) is 9.20. The zero-order valence-corrected chi connectivity index (χ0v) is 24.1. The largest absolute Gasteiger partial charge is 0.356 e. The molecule has 0 unspecified atom stereocenters. The van der Waals surface area contributed by atoms with Gasteiger partial charge in [-0.3, -0.25) is 0 Å². The molecule has 1 saturated carbocycles. The van der Waals surface area contributed by atoms with Crippen LogP contribution in [0.4, 0.5) is 17.1 Å². The third-order valence-electron chi connectivity index (χ3n) is 7.97. The number of allylic oxidation sites excluding steroid dienone is 4. The maximum atomic E-state index is 6.15. The highest BCUT2D eigenvalue weighted by molar-refractivity contribution is 6.68. The van der Waals surface area contributed by atoms with Crippen LogP contribution in [0.5, 0.6) is 0 Å². The molecule has 0 atom stereocenters. The van der Waals surface area contributed by atoms with Gasteiger partial charge in [-0.2, -0.15) is 0 Å². The van der Waals surface area contributed by atoms with E-state index >= 15 is 0 Å². The lowest BCUT2D eigenvalue weighted by molar-refractivity contribution is 0.346. The van der Waals surface area contributed by atoms with Crippen LogP contribution in [-0.4, -0.2) is 9.50 Å². The Labute approximate surface area is 241 Å². The number of benzene rings is 3. The van der Waals surface area contributed by atoms with Gasteiger partial charge in [0.1, 0.15) is 0 Å². The molecule has 3 aromatic rings. The Morgan fingerprint density at radius 3 is 1.74 bits per heavy atom. The molecule has 0 aromatic heterocycles. The molecule has 0 radical (unpaired) electrons. The normalized spacial score (nSPS) is 20.8. The van der Waals surface area contributed by atoms with Crippen LogP contribution in [0, 0.1) is 12.3 Å². The number of nitrogens with one attached hydrogen (secondary N) is 1. The van der Waals surface area contributed by atoms with Crippen LogP contribution in [0.1, 0.15) is 55.7 Å². The van der Waals surface area contributed by atoms with E-state index in [9.17, 15) is 0 Å². The molecule has 0 amide bonds. The van der Waals surface area contributed by atoms with Gasteiger partial charge in [0, 0.05) is 16.8 Å². The molecule has 5 heteroatoms. The van der Waals surface area contributed by atoms with Crippen LogP contribution in [0.3, 0.4) is 0 Å². The number of nitrogens with zero attached hydrogens (tertiary/aromatic N) is 1. The van der Waals surface area contributed by atoms with Gasteiger partial charge in [0.25, 0.3) is 0 Å². The molecular formula is C33H33Cl3N2. The lowest BCUT2D eigenvalue weighted by Gasteiger charge is -2.39. The number of hydrogen-bond donors (Lipinski definition) is 1. The summed E-state index contributed by atoms with van der Waals surface area (Å²) in [5.74, 6) is 0. The van der Waals surface area contributed by atoms with E-state index in [-0.39, 0.29) is 5.41 Å². The van der Waals surface area contributed by atoms with Gasteiger partial charge < -0.3 is 5.32 Å². The van der Waals surface area contributed by atoms with Gasteiger partial charge in [-0.15, -0.1) is 0 Å². The van der Waals surface area contributed by atoms with E-state index in [4.69, 9.17) is 39.8 Å². The van der Waals surface area contributed by atoms with E-state index in [0.717, 1.165) is 35.6 Å². The highest BCUT2D eigenvalue weighted by Crippen LogP contribution is 2.48. The van der Waals surface area contributed by atoms with Crippen molar-refractivity contribution in [3.8, 4) is 0 Å². The fraction of sp³-hybridized carbons (Fsp3) is 0.303. The Hall–Kier alpha value is -2.52. The summed E-state index contributed by atoms with van der Waals surface area (Å²) in [5.41, 5.74) is 7.35. The summed E-state index contributed by atoms with van der Waals surface area (Å²) in [6.07, 6.45) is 13.8. The first-order chi connectivity index (χ1) is 18.2. The number of aliphatic imine (C=N–C) groups is 1. The van der Waals surface area contributed by atoms with Gasteiger partial charge >= 0.3 is 0 Å². The summed E-state index contributed by atoms with van der Waals surface area (Å²) in [7, 11) is 0. The fourth-order valence-corrected chi connectivity index (χ4v) is 5.85. The molecule has 38 heavy (non-hydrogen) atoms. The van der Waals surface area contributed by atoms with Crippen molar-refractivity contribution in [1.82, 2.24) is 0 Å². The second-order valence-corrected chi connectivity index (χ2v) is 13.0. The van der Waals surface area contributed by atoms with Gasteiger partial charge in [0.2, 0.25) is 3.79 Å². The first kappa shape index (κ1) is 27.1. The quantitative estimate of drug-likeness (QED) is 0.307. The molecule has 0 bridgehead atoms. The first-order valence-corrected chi connectivity index (χ1v) is 14.4. The molecule has 0 spiro atoms. The Morgan fingerprint density at radius 2 is 1.21 bits per heavy atom. The van der Waals surface area contributed by atoms with Crippen LogP contribution < -0.4 is 5.32 Å². The number of aryl methyl sites for hydroxylation is 1. The molecule has 1 N–H and O–H groups in total. The average molecular weight is 564 g/mol. The highest BCUT2D eigenvalue weighted by atomic mass is 35.6. The molecule has 5 rings (SSSR count). The zero-order chi connectivity index (χ0) is 26.8. The lowest BCUT2D eigenvalue weighted by atomic mass is 9.65. The van der Waals surface area contributed by atoms with Crippen LogP contribution in [0.15, 0.2) is 102 Å². The minimum absolute atomic E-state index is 0.0309. The topological polar surface area (TPSA) is 24.4 Å². The summed E-state index contributed by atoms with van der Waals surface area (Å²) >= 11 is 18.5. The molecule has 2 aliphatic rings. The molecule has 0 heterocycles. The van der Waals surface area contributed by atoms with Crippen molar-refractivity contribution in [2.24, 2.45) is 10.4 Å². The fourth-order valence-electron chi connectivity index (χ4n) is 5.47. The summed E-state index contributed by atoms with van der Waals surface area (Å²) < 4.78 is -1.41. The lowest BCUT2D eigenvalue weighted by Crippen LogP contribution is -2.30. The third kappa shape index (κ3) is 5.73. The minimum atomic E-state index is -1.41. The maximum Gasteiger partial charge on any atom is 0.202 e. The van der Waals surface area contributed by atoms with Crippen LogP contribution in [0.2, 0.25) is 0 Å². The molecule has 0 aliphatic heterocycles. The van der Waals surface area contributed by atoms with E-state index in [1.807, 2.05) is 31.2 Å². The van der Waals surface area contributed by atoms with Crippen LogP contribution >= 0.6 is 34.8 Å². The van der Waals surface area contributed by atoms with Crippen molar-refractivity contribution in [3.63, 3.8) is 0 Å². The summed E-state index contributed by atoms with van der Waals surface area (Å²) in [6.45, 7) is 4.00. The highest BCUT2D eigenvalue weighted by Gasteiger charge is 2.41.